The average Bonchev–Trinajstić information content (AvgIpc) is 2.72. The van der Waals surface area contributed by atoms with Crippen LogP contribution in [0.15, 0.2) is 12.4 Å². The highest BCUT2D eigenvalue weighted by Gasteiger charge is 2.28. The van der Waals surface area contributed by atoms with Crippen LogP contribution in [-0.2, 0) is 6.54 Å². The van der Waals surface area contributed by atoms with Gasteiger partial charge in [0.15, 0.2) is 0 Å². The predicted octanol–water partition coefficient (Wildman–Crippen LogP) is 3.39. The van der Waals surface area contributed by atoms with Crippen molar-refractivity contribution in [2.75, 3.05) is 5.32 Å². The number of urea groups is 1. The molecule has 1 heterocycles. The Labute approximate surface area is 121 Å². The quantitative estimate of drug-likeness (QED) is 0.846. The van der Waals surface area contributed by atoms with Crippen molar-refractivity contribution in [2.24, 2.45) is 5.92 Å². The van der Waals surface area contributed by atoms with Crippen LogP contribution >= 0.6 is 0 Å². The minimum atomic E-state index is -4.34. The molecule has 0 saturated carbocycles. The van der Waals surface area contributed by atoms with Crippen LogP contribution in [0.5, 0.6) is 0 Å². The van der Waals surface area contributed by atoms with Crippen molar-refractivity contribution in [1.82, 2.24) is 15.1 Å². The van der Waals surface area contributed by atoms with Crippen LogP contribution in [0.4, 0.5) is 23.7 Å². The number of carbonyl (C=O) groups is 1. The first-order valence-electron chi connectivity index (χ1n) is 6.86. The molecule has 0 aromatic carbocycles. The molecular weight excluding hydrogens is 285 g/mol. The zero-order valence-corrected chi connectivity index (χ0v) is 12.4. The van der Waals surface area contributed by atoms with Gasteiger partial charge in [0.25, 0.3) is 0 Å². The summed E-state index contributed by atoms with van der Waals surface area (Å²) in [4.78, 5) is 11.7. The number of carbonyl (C=O) groups excluding carboxylic acids is 1. The van der Waals surface area contributed by atoms with Crippen LogP contribution in [0.25, 0.3) is 0 Å². The van der Waals surface area contributed by atoms with Gasteiger partial charge in [0.1, 0.15) is 6.54 Å². The van der Waals surface area contributed by atoms with E-state index in [1.54, 1.807) is 0 Å². The van der Waals surface area contributed by atoms with Crippen molar-refractivity contribution in [3.63, 3.8) is 0 Å². The maximum atomic E-state index is 12.2. The second-order valence-electron chi connectivity index (χ2n) is 5.29. The monoisotopic (exact) mass is 306 g/mol. The number of hydrogen-bond donors (Lipinski definition) is 2. The van der Waals surface area contributed by atoms with Crippen molar-refractivity contribution < 1.29 is 18.0 Å². The molecule has 2 N–H and O–H groups in total. The van der Waals surface area contributed by atoms with E-state index in [9.17, 15) is 18.0 Å². The molecule has 1 aromatic heterocycles. The molecule has 1 rings (SSSR count). The molecule has 0 radical (unpaired) electrons. The first-order valence-corrected chi connectivity index (χ1v) is 6.86. The van der Waals surface area contributed by atoms with E-state index >= 15 is 0 Å². The standard InChI is InChI=1S/C13H21F3N4O/c1-4-9(2)5-10(3)18-12(21)19-11-6-17-20(7-11)8-13(14,15)16/h6-7,9-10H,4-5,8H2,1-3H3,(H2,18,19,21)/t9-,10+/m0/s1. The van der Waals surface area contributed by atoms with Gasteiger partial charge in [-0.25, -0.2) is 4.79 Å². The third kappa shape index (κ3) is 7.01. The van der Waals surface area contributed by atoms with Crippen molar-refractivity contribution in [3.05, 3.63) is 12.4 Å². The molecule has 0 aliphatic rings. The zero-order valence-electron chi connectivity index (χ0n) is 12.4. The van der Waals surface area contributed by atoms with E-state index in [2.05, 4.69) is 29.6 Å². The Balaban J connectivity index is 2.44. The Hall–Kier alpha value is -1.73. The second kappa shape index (κ2) is 7.33. The van der Waals surface area contributed by atoms with E-state index in [0.29, 0.717) is 5.92 Å². The highest BCUT2D eigenvalue weighted by atomic mass is 19.4. The van der Waals surface area contributed by atoms with Crippen molar-refractivity contribution in [2.45, 2.75) is 52.4 Å². The number of anilines is 1. The number of nitrogens with one attached hydrogen (secondary N) is 2. The van der Waals surface area contributed by atoms with Gasteiger partial charge in [0.05, 0.1) is 11.9 Å². The summed E-state index contributed by atoms with van der Waals surface area (Å²) in [5.41, 5.74) is 0.229. The highest BCUT2D eigenvalue weighted by molar-refractivity contribution is 5.89. The number of amides is 2. The van der Waals surface area contributed by atoms with Gasteiger partial charge in [-0.05, 0) is 19.3 Å². The van der Waals surface area contributed by atoms with Gasteiger partial charge in [0, 0.05) is 12.2 Å². The molecular formula is C13H21F3N4O. The maximum Gasteiger partial charge on any atom is 0.408 e. The van der Waals surface area contributed by atoms with E-state index < -0.39 is 18.8 Å². The fraction of sp³-hybridized carbons (Fsp3) is 0.692. The van der Waals surface area contributed by atoms with Crippen LogP contribution in [0, 0.1) is 5.92 Å². The maximum absolute atomic E-state index is 12.2. The lowest BCUT2D eigenvalue weighted by Crippen LogP contribution is -2.36. The van der Waals surface area contributed by atoms with E-state index in [4.69, 9.17) is 0 Å². The molecule has 0 fully saturated rings. The largest absolute Gasteiger partial charge is 0.408 e. The summed E-state index contributed by atoms with van der Waals surface area (Å²) in [5, 5.41) is 8.76. The molecule has 2 atom stereocenters. The molecule has 0 saturated heterocycles. The van der Waals surface area contributed by atoms with Crippen LogP contribution in [-0.4, -0.2) is 28.0 Å². The number of halogens is 3. The van der Waals surface area contributed by atoms with Gasteiger partial charge in [-0.2, -0.15) is 18.3 Å². The Morgan fingerprint density at radius 3 is 2.67 bits per heavy atom. The topological polar surface area (TPSA) is 59.0 Å². The fourth-order valence-corrected chi connectivity index (χ4v) is 1.92. The molecule has 0 unspecified atom stereocenters. The molecule has 2 amide bonds. The summed E-state index contributed by atoms with van der Waals surface area (Å²) in [6, 6.07) is -0.456. The summed E-state index contributed by atoms with van der Waals surface area (Å²) in [5.74, 6) is 0.495. The molecule has 120 valence electrons. The fourth-order valence-electron chi connectivity index (χ4n) is 1.92. The number of aromatic nitrogens is 2. The number of nitrogens with zero attached hydrogens (tertiary/aromatic N) is 2. The summed E-state index contributed by atoms with van der Waals surface area (Å²) in [7, 11) is 0. The van der Waals surface area contributed by atoms with Gasteiger partial charge >= 0.3 is 12.2 Å². The minimum absolute atomic E-state index is 0.00910. The summed E-state index contributed by atoms with van der Waals surface area (Å²) in [6.45, 7) is 4.88. The lowest BCUT2D eigenvalue weighted by Gasteiger charge is -2.17. The normalized spacial score (nSPS) is 14.6. The van der Waals surface area contributed by atoms with Crippen molar-refractivity contribution in [3.8, 4) is 0 Å². The smallest absolute Gasteiger partial charge is 0.335 e. The van der Waals surface area contributed by atoms with Gasteiger partial charge in [-0.15, -0.1) is 0 Å². The average molecular weight is 306 g/mol. The van der Waals surface area contributed by atoms with E-state index in [1.165, 1.54) is 6.20 Å². The molecule has 0 aliphatic carbocycles. The predicted molar refractivity (Wildman–Crippen MR) is 74.0 cm³/mol. The third-order valence-corrected chi connectivity index (χ3v) is 3.06. The van der Waals surface area contributed by atoms with E-state index in [-0.39, 0.29) is 11.7 Å². The summed E-state index contributed by atoms with van der Waals surface area (Å²) in [6.07, 6.45) is -0.136. The van der Waals surface area contributed by atoms with Crippen molar-refractivity contribution in [1.29, 1.82) is 0 Å². The Bertz CT molecular complexity index is 459. The molecule has 0 bridgehead atoms. The first-order chi connectivity index (χ1) is 9.69. The second-order valence-corrected chi connectivity index (χ2v) is 5.29. The SMILES string of the molecule is CC[C@H](C)C[C@@H](C)NC(=O)Nc1cnn(CC(F)(F)F)c1. The highest BCUT2D eigenvalue weighted by Crippen LogP contribution is 2.18. The van der Waals surface area contributed by atoms with Crippen LogP contribution in [0.2, 0.25) is 0 Å². The van der Waals surface area contributed by atoms with Crippen LogP contribution < -0.4 is 10.6 Å². The van der Waals surface area contributed by atoms with Gasteiger partial charge in [0.2, 0.25) is 0 Å². The molecule has 0 spiro atoms. The zero-order chi connectivity index (χ0) is 16.0. The van der Waals surface area contributed by atoms with E-state index in [1.807, 2.05) is 6.92 Å². The molecule has 1 aromatic rings. The van der Waals surface area contributed by atoms with E-state index in [0.717, 1.165) is 23.7 Å². The Kier molecular flexibility index (Phi) is 6.04. The molecule has 8 heteroatoms. The Morgan fingerprint density at radius 2 is 2.10 bits per heavy atom. The molecule has 21 heavy (non-hydrogen) atoms. The Morgan fingerprint density at radius 1 is 1.43 bits per heavy atom. The van der Waals surface area contributed by atoms with Crippen molar-refractivity contribution >= 4 is 11.7 Å². The molecule has 5 nitrogen and oxygen atoms in total. The first kappa shape index (κ1) is 17.3. The summed E-state index contributed by atoms with van der Waals surface area (Å²) >= 11 is 0. The third-order valence-electron chi connectivity index (χ3n) is 3.06. The van der Waals surface area contributed by atoms with Crippen LogP contribution in [0.3, 0.4) is 0 Å². The number of hydrogen-bond acceptors (Lipinski definition) is 2. The number of rotatable bonds is 6. The lowest BCUT2D eigenvalue weighted by atomic mass is 10.0. The number of alkyl halides is 3. The minimum Gasteiger partial charge on any atom is -0.335 e. The lowest BCUT2D eigenvalue weighted by molar-refractivity contribution is -0.142. The van der Waals surface area contributed by atoms with Gasteiger partial charge in [-0.1, -0.05) is 20.3 Å². The summed E-state index contributed by atoms with van der Waals surface area (Å²) < 4.78 is 37.3. The molecule has 0 aliphatic heterocycles. The van der Waals surface area contributed by atoms with Gasteiger partial charge in [-0.3, -0.25) is 4.68 Å². The van der Waals surface area contributed by atoms with Gasteiger partial charge < -0.3 is 10.6 Å². The van der Waals surface area contributed by atoms with Crippen LogP contribution in [0.1, 0.15) is 33.6 Å².